The van der Waals surface area contributed by atoms with Gasteiger partial charge in [-0.25, -0.2) is 4.98 Å². The Morgan fingerprint density at radius 2 is 1.87 bits per heavy atom. The van der Waals surface area contributed by atoms with Gasteiger partial charge in [-0.1, -0.05) is 35.4 Å². The van der Waals surface area contributed by atoms with Crippen LogP contribution in [0.15, 0.2) is 65.1 Å². The van der Waals surface area contributed by atoms with E-state index in [1.807, 2.05) is 50.2 Å². The van der Waals surface area contributed by atoms with Crippen molar-refractivity contribution in [1.82, 2.24) is 4.98 Å². The summed E-state index contributed by atoms with van der Waals surface area (Å²) in [5, 5.41) is 4.30. The first-order chi connectivity index (χ1) is 14.9. The average Bonchev–Trinajstić information content (AvgIpc) is 2.75. The molecule has 4 rings (SSSR count). The van der Waals surface area contributed by atoms with Crippen LogP contribution in [-0.2, 0) is 0 Å². The first-order valence-electron chi connectivity index (χ1n) is 9.68. The Kier molecular flexibility index (Phi) is 5.99. The summed E-state index contributed by atoms with van der Waals surface area (Å²) in [6.45, 7) is 4.02. The maximum Gasteiger partial charge on any atom is 0.256 e. The van der Waals surface area contributed by atoms with Crippen molar-refractivity contribution in [3.8, 4) is 17.0 Å². The van der Waals surface area contributed by atoms with Crippen molar-refractivity contribution < 1.29 is 9.53 Å². The van der Waals surface area contributed by atoms with Crippen molar-refractivity contribution >= 4 is 50.0 Å². The van der Waals surface area contributed by atoms with Crippen LogP contribution in [0.4, 0.5) is 5.69 Å². The minimum atomic E-state index is -0.222. The fraction of sp³-hybridized carbons (Fsp3) is 0.120. The van der Waals surface area contributed by atoms with Gasteiger partial charge in [0.15, 0.2) is 0 Å². The monoisotopic (exact) mass is 494 g/mol. The lowest BCUT2D eigenvalue weighted by molar-refractivity contribution is 0.102. The Morgan fingerprint density at radius 3 is 2.61 bits per heavy atom. The number of methoxy groups -OCH3 is 1. The summed E-state index contributed by atoms with van der Waals surface area (Å²) in [6.07, 6.45) is 0. The zero-order chi connectivity index (χ0) is 22.1. The SMILES string of the molecule is COc1cccc(-c2cc(C(=O)Nc3ccc(Br)c(Cl)c3)c3cc(C)cc(C)c3n2)c1. The number of hydrogen-bond acceptors (Lipinski definition) is 3. The quantitative estimate of drug-likeness (QED) is 0.326. The zero-order valence-corrected chi connectivity index (χ0v) is 19.6. The molecular weight excluding hydrogens is 476 g/mol. The number of hydrogen-bond donors (Lipinski definition) is 1. The van der Waals surface area contributed by atoms with Gasteiger partial charge >= 0.3 is 0 Å². The lowest BCUT2D eigenvalue weighted by Gasteiger charge is -2.14. The minimum Gasteiger partial charge on any atom is -0.497 e. The highest BCUT2D eigenvalue weighted by atomic mass is 79.9. The normalized spacial score (nSPS) is 10.9. The van der Waals surface area contributed by atoms with Crippen molar-refractivity contribution in [3.05, 3.63) is 86.8 Å². The first kappa shape index (κ1) is 21.3. The number of halogens is 2. The van der Waals surface area contributed by atoms with Crippen molar-refractivity contribution in [3.63, 3.8) is 0 Å². The Balaban J connectivity index is 1.87. The standard InChI is InChI=1S/C25H20BrClN2O2/c1-14-9-15(2)24-19(10-14)20(25(30)28-17-7-8-21(26)22(27)12-17)13-23(29-24)16-5-4-6-18(11-16)31-3/h4-13H,1-3H3,(H,28,30). The van der Waals surface area contributed by atoms with Crippen LogP contribution in [-0.4, -0.2) is 18.0 Å². The summed E-state index contributed by atoms with van der Waals surface area (Å²) in [7, 11) is 1.63. The van der Waals surface area contributed by atoms with Crippen LogP contribution in [0.5, 0.6) is 5.75 Å². The van der Waals surface area contributed by atoms with Crippen LogP contribution < -0.4 is 10.1 Å². The van der Waals surface area contributed by atoms with Gasteiger partial charge in [-0.3, -0.25) is 4.79 Å². The molecule has 4 nitrogen and oxygen atoms in total. The van der Waals surface area contributed by atoms with Gasteiger partial charge in [-0.15, -0.1) is 0 Å². The topological polar surface area (TPSA) is 51.2 Å². The Hall–Kier alpha value is -2.89. The molecule has 0 spiro atoms. The van der Waals surface area contributed by atoms with Crippen LogP contribution in [0.1, 0.15) is 21.5 Å². The highest BCUT2D eigenvalue weighted by Gasteiger charge is 2.17. The van der Waals surface area contributed by atoms with E-state index >= 15 is 0 Å². The second-order valence-electron chi connectivity index (χ2n) is 7.35. The van der Waals surface area contributed by atoms with Crippen molar-refractivity contribution in [2.24, 2.45) is 0 Å². The number of ether oxygens (including phenoxy) is 1. The molecule has 1 N–H and O–H groups in total. The molecular formula is C25H20BrClN2O2. The predicted molar refractivity (Wildman–Crippen MR) is 130 cm³/mol. The fourth-order valence-electron chi connectivity index (χ4n) is 3.57. The van der Waals surface area contributed by atoms with Gasteiger partial charge in [0.2, 0.25) is 0 Å². The highest BCUT2D eigenvalue weighted by Crippen LogP contribution is 2.31. The molecule has 156 valence electrons. The molecule has 31 heavy (non-hydrogen) atoms. The number of aryl methyl sites for hydroxylation is 2. The third-order valence-electron chi connectivity index (χ3n) is 5.04. The predicted octanol–water partition coefficient (Wildman–Crippen LogP) is 7.20. The lowest BCUT2D eigenvalue weighted by Crippen LogP contribution is -2.13. The number of nitrogens with zero attached hydrogens (tertiary/aromatic N) is 1. The number of nitrogens with one attached hydrogen (secondary N) is 1. The smallest absolute Gasteiger partial charge is 0.256 e. The first-order valence-corrected chi connectivity index (χ1v) is 10.9. The van der Waals surface area contributed by atoms with E-state index in [0.717, 1.165) is 37.8 Å². The molecule has 0 bridgehead atoms. The van der Waals surface area contributed by atoms with Gasteiger partial charge in [0, 0.05) is 21.1 Å². The van der Waals surface area contributed by atoms with Crippen molar-refractivity contribution in [2.75, 3.05) is 12.4 Å². The fourth-order valence-corrected chi connectivity index (χ4v) is 4.00. The van der Waals surface area contributed by atoms with E-state index < -0.39 is 0 Å². The molecule has 0 saturated heterocycles. The van der Waals surface area contributed by atoms with Gasteiger partial charge in [0.25, 0.3) is 5.91 Å². The van der Waals surface area contributed by atoms with Gasteiger partial charge in [0.1, 0.15) is 5.75 Å². The molecule has 1 amide bonds. The van der Waals surface area contributed by atoms with Gasteiger partial charge in [-0.05, 0) is 77.8 Å². The number of amides is 1. The van der Waals surface area contributed by atoms with Gasteiger partial charge in [0.05, 0.1) is 28.9 Å². The molecule has 0 radical (unpaired) electrons. The van der Waals surface area contributed by atoms with Gasteiger partial charge in [-0.2, -0.15) is 0 Å². The van der Waals surface area contributed by atoms with Crippen LogP contribution in [0.2, 0.25) is 5.02 Å². The van der Waals surface area contributed by atoms with E-state index in [1.165, 1.54) is 0 Å². The highest BCUT2D eigenvalue weighted by molar-refractivity contribution is 9.10. The van der Waals surface area contributed by atoms with E-state index in [4.69, 9.17) is 21.3 Å². The Bertz CT molecular complexity index is 1320. The van der Waals surface area contributed by atoms with Crippen LogP contribution in [0.3, 0.4) is 0 Å². The number of anilines is 1. The largest absolute Gasteiger partial charge is 0.497 e. The molecule has 0 saturated carbocycles. The molecule has 0 fully saturated rings. The number of aromatic nitrogens is 1. The summed E-state index contributed by atoms with van der Waals surface area (Å²) in [4.78, 5) is 18.2. The zero-order valence-electron chi connectivity index (χ0n) is 17.3. The maximum absolute atomic E-state index is 13.3. The third-order valence-corrected chi connectivity index (χ3v) is 6.27. The summed E-state index contributed by atoms with van der Waals surface area (Å²) >= 11 is 9.57. The summed E-state index contributed by atoms with van der Waals surface area (Å²) in [5.41, 5.74) is 5.63. The number of rotatable bonds is 4. The van der Waals surface area contributed by atoms with Crippen molar-refractivity contribution in [2.45, 2.75) is 13.8 Å². The van der Waals surface area contributed by atoms with E-state index in [1.54, 1.807) is 25.3 Å². The summed E-state index contributed by atoms with van der Waals surface area (Å²) in [6, 6.07) is 18.9. The molecule has 1 aromatic heterocycles. The third kappa shape index (κ3) is 4.43. The number of carbonyl (C=O) groups is 1. The minimum absolute atomic E-state index is 0.222. The molecule has 6 heteroatoms. The van der Waals surface area contributed by atoms with E-state index in [9.17, 15) is 4.79 Å². The Labute approximate surface area is 194 Å². The molecule has 0 aliphatic carbocycles. The second kappa shape index (κ2) is 8.69. The number of carbonyl (C=O) groups excluding carboxylic acids is 1. The maximum atomic E-state index is 13.3. The second-order valence-corrected chi connectivity index (χ2v) is 8.61. The van der Waals surface area contributed by atoms with E-state index in [0.29, 0.717) is 22.0 Å². The van der Waals surface area contributed by atoms with Crippen LogP contribution in [0.25, 0.3) is 22.2 Å². The molecule has 4 aromatic rings. The van der Waals surface area contributed by atoms with E-state index in [-0.39, 0.29) is 5.91 Å². The molecule has 0 aliphatic heterocycles. The number of pyridine rings is 1. The molecule has 0 aliphatic rings. The van der Waals surface area contributed by atoms with Gasteiger partial charge < -0.3 is 10.1 Å². The molecule has 0 atom stereocenters. The molecule has 0 unspecified atom stereocenters. The summed E-state index contributed by atoms with van der Waals surface area (Å²) < 4.78 is 6.13. The number of fused-ring (bicyclic) bond motifs is 1. The number of benzene rings is 3. The molecule has 3 aromatic carbocycles. The van der Waals surface area contributed by atoms with Crippen molar-refractivity contribution in [1.29, 1.82) is 0 Å². The Morgan fingerprint density at radius 1 is 1.06 bits per heavy atom. The molecule has 1 heterocycles. The average molecular weight is 496 g/mol. The van der Waals surface area contributed by atoms with Crippen LogP contribution >= 0.6 is 27.5 Å². The van der Waals surface area contributed by atoms with E-state index in [2.05, 4.69) is 27.3 Å². The lowest BCUT2D eigenvalue weighted by atomic mass is 9.99. The summed E-state index contributed by atoms with van der Waals surface area (Å²) in [5.74, 6) is 0.510. The van der Waals surface area contributed by atoms with Crippen LogP contribution in [0, 0.1) is 13.8 Å².